The molecule has 1 saturated heterocycles. The molecule has 2 aliphatic heterocycles. The molecule has 3 aromatic rings. The molecular formula is C27H22N4O4S. The minimum atomic E-state index is -0.941. The number of carbonyl (C=O) groups excluding carboxylic acids is 3. The number of para-hydroxylation sites is 1. The van der Waals surface area contributed by atoms with Crippen LogP contribution in [-0.2, 0) is 16.1 Å². The van der Waals surface area contributed by atoms with Crippen molar-refractivity contribution >= 4 is 40.2 Å². The van der Waals surface area contributed by atoms with E-state index in [0.29, 0.717) is 11.1 Å². The summed E-state index contributed by atoms with van der Waals surface area (Å²) in [4.78, 5) is 43.2. The van der Waals surface area contributed by atoms with E-state index in [1.54, 1.807) is 23.1 Å². The Morgan fingerprint density at radius 2 is 1.69 bits per heavy atom. The molecule has 9 heteroatoms. The van der Waals surface area contributed by atoms with Crippen LogP contribution in [-0.4, -0.2) is 52.1 Å². The van der Waals surface area contributed by atoms with E-state index in [4.69, 9.17) is 4.74 Å². The molecule has 0 aromatic heterocycles. The molecular weight excluding hydrogens is 476 g/mol. The molecule has 8 nitrogen and oxygen atoms in total. The molecule has 0 aliphatic carbocycles. The number of rotatable bonds is 7. The molecule has 1 unspecified atom stereocenters. The number of amides is 3. The van der Waals surface area contributed by atoms with Crippen molar-refractivity contribution in [2.75, 3.05) is 24.7 Å². The van der Waals surface area contributed by atoms with Crippen LogP contribution in [0, 0.1) is 11.3 Å². The smallest absolute Gasteiger partial charge is 0.291 e. The van der Waals surface area contributed by atoms with Crippen molar-refractivity contribution in [3.8, 4) is 6.07 Å². The first kappa shape index (κ1) is 23.6. The average molecular weight is 499 g/mol. The predicted molar refractivity (Wildman–Crippen MR) is 135 cm³/mol. The number of benzene rings is 3. The number of imide groups is 1. The Balaban J connectivity index is 1.27. The number of nitriles is 1. The lowest BCUT2D eigenvalue weighted by Gasteiger charge is -2.38. The van der Waals surface area contributed by atoms with Crippen molar-refractivity contribution in [3.63, 3.8) is 0 Å². The lowest BCUT2D eigenvalue weighted by molar-refractivity contribution is -0.134. The fraction of sp³-hybridized carbons (Fsp3) is 0.185. The molecule has 1 atom stereocenters. The van der Waals surface area contributed by atoms with Crippen LogP contribution in [0.1, 0.15) is 21.5 Å². The Morgan fingerprint density at radius 3 is 2.42 bits per heavy atom. The summed E-state index contributed by atoms with van der Waals surface area (Å²) in [7, 11) is 0. The zero-order chi connectivity index (χ0) is 25.1. The van der Waals surface area contributed by atoms with Gasteiger partial charge in [-0.15, -0.1) is 0 Å². The number of ether oxygens (including phenoxy) is 1. The van der Waals surface area contributed by atoms with Gasteiger partial charge in [0.05, 0.1) is 42.7 Å². The number of nitrogens with zero attached hydrogens (tertiary/aromatic N) is 4. The summed E-state index contributed by atoms with van der Waals surface area (Å²) in [5, 5.41) is 8.97. The summed E-state index contributed by atoms with van der Waals surface area (Å²) < 4.78 is 5.76. The number of carbonyl (C=O) groups is 3. The summed E-state index contributed by atoms with van der Waals surface area (Å²) in [6.07, 6.45) is 0. The summed E-state index contributed by atoms with van der Waals surface area (Å²) in [5.74, 6) is -0.612. The molecule has 0 spiro atoms. The molecule has 1 fully saturated rings. The standard InChI is InChI=1S/C27H22N4O4S/c28-16-20-11-12-23-22(15-20)24(32)29(18-31(23)21-9-5-2-6-10-21)13-14-35-26-25(33)30(27(34)36-26)17-19-7-3-1-4-8-19/h1-12,15,26H,13-14,17-18H2. The highest BCUT2D eigenvalue weighted by Crippen LogP contribution is 2.34. The van der Waals surface area contributed by atoms with Crippen LogP contribution in [0.15, 0.2) is 78.9 Å². The molecule has 0 bridgehead atoms. The van der Waals surface area contributed by atoms with Crippen molar-refractivity contribution in [1.82, 2.24) is 9.80 Å². The van der Waals surface area contributed by atoms with Crippen molar-refractivity contribution < 1.29 is 19.1 Å². The zero-order valence-electron chi connectivity index (χ0n) is 19.2. The van der Waals surface area contributed by atoms with Gasteiger partial charge in [-0.1, -0.05) is 48.5 Å². The van der Waals surface area contributed by atoms with Crippen molar-refractivity contribution in [3.05, 3.63) is 95.6 Å². The Hall–Kier alpha value is -4.13. The second-order valence-electron chi connectivity index (χ2n) is 8.31. The Labute approximate surface area is 212 Å². The quantitative estimate of drug-likeness (QED) is 0.478. The molecule has 180 valence electrons. The monoisotopic (exact) mass is 498 g/mol. The van der Waals surface area contributed by atoms with E-state index in [-0.39, 0.29) is 37.5 Å². The van der Waals surface area contributed by atoms with Gasteiger partial charge in [0.1, 0.15) is 0 Å². The largest absolute Gasteiger partial charge is 0.355 e. The fourth-order valence-corrected chi connectivity index (χ4v) is 5.06. The van der Waals surface area contributed by atoms with Crippen molar-refractivity contribution in [1.29, 1.82) is 5.26 Å². The highest BCUT2D eigenvalue weighted by molar-refractivity contribution is 8.15. The second kappa shape index (κ2) is 10.2. The first-order chi connectivity index (χ1) is 17.5. The minimum Gasteiger partial charge on any atom is -0.355 e. The van der Waals surface area contributed by atoms with Gasteiger partial charge in [-0.05, 0) is 47.7 Å². The zero-order valence-corrected chi connectivity index (χ0v) is 20.1. The number of fused-ring (bicyclic) bond motifs is 1. The van der Waals surface area contributed by atoms with Gasteiger partial charge in [0.15, 0.2) is 5.44 Å². The number of hydrogen-bond donors (Lipinski definition) is 0. The van der Waals surface area contributed by atoms with Gasteiger partial charge in [-0.2, -0.15) is 5.26 Å². The molecule has 2 aliphatic rings. The van der Waals surface area contributed by atoms with E-state index < -0.39 is 11.3 Å². The highest BCUT2D eigenvalue weighted by atomic mass is 32.2. The fourth-order valence-electron chi connectivity index (χ4n) is 4.20. The van der Waals surface area contributed by atoms with Crippen molar-refractivity contribution in [2.24, 2.45) is 0 Å². The lowest BCUT2D eigenvalue weighted by atomic mass is 10.0. The van der Waals surface area contributed by atoms with Crippen molar-refractivity contribution in [2.45, 2.75) is 12.0 Å². The molecule has 3 amide bonds. The topological polar surface area (TPSA) is 94.0 Å². The van der Waals surface area contributed by atoms with E-state index in [9.17, 15) is 19.6 Å². The van der Waals surface area contributed by atoms with Crippen LogP contribution in [0.5, 0.6) is 0 Å². The summed E-state index contributed by atoms with van der Waals surface area (Å²) in [6.45, 7) is 0.781. The Kier molecular flexibility index (Phi) is 6.71. The van der Waals surface area contributed by atoms with Crippen LogP contribution in [0.25, 0.3) is 0 Å². The molecule has 3 aromatic carbocycles. The molecule has 0 saturated carbocycles. The van der Waals surface area contributed by atoms with Crippen LogP contribution in [0.2, 0.25) is 0 Å². The van der Waals surface area contributed by atoms with Crippen LogP contribution in [0.4, 0.5) is 16.2 Å². The molecule has 0 N–H and O–H groups in total. The van der Waals surface area contributed by atoms with Crippen LogP contribution >= 0.6 is 11.8 Å². The van der Waals surface area contributed by atoms with Gasteiger partial charge in [0.25, 0.3) is 17.1 Å². The second-order valence-corrected chi connectivity index (χ2v) is 9.33. The Morgan fingerprint density at radius 1 is 0.972 bits per heavy atom. The summed E-state index contributed by atoms with van der Waals surface area (Å²) in [5.41, 5.74) is 2.38. The lowest BCUT2D eigenvalue weighted by Crippen LogP contribution is -2.46. The number of thioether (sulfide) groups is 1. The summed E-state index contributed by atoms with van der Waals surface area (Å²) in [6, 6.07) is 26.1. The van der Waals surface area contributed by atoms with E-state index >= 15 is 0 Å². The average Bonchev–Trinajstić information content (AvgIpc) is 3.18. The molecule has 0 radical (unpaired) electrons. The first-order valence-electron chi connectivity index (χ1n) is 11.4. The minimum absolute atomic E-state index is 0.0809. The maximum Gasteiger partial charge on any atom is 0.291 e. The maximum absolute atomic E-state index is 13.3. The third kappa shape index (κ3) is 4.69. The Bertz CT molecular complexity index is 1340. The van der Waals surface area contributed by atoms with E-state index in [0.717, 1.165) is 28.7 Å². The van der Waals surface area contributed by atoms with E-state index in [1.807, 2.05) is 65.6 Å². The van der Waals surface area contributed by atoms with Gasteiger partial charge >= 0.3 is 0 Å². The van der Waals surface area contributed by atoms with Gasteiger partial charge < -0.3 is 14.5 Å². The van der Waals surface area contributed by atoms with E-state index in [2.05, 4.69) is 6.07 Å². The third-order valence-electron chi connectivity index (χ3n) is 6.02. The van der Waals surface area contributed by atoms with Gasteiger partial charge in [-0.25, -0.2) is 0 Å². The SMILES string of the molecule is N#Cc1ccc2c(c1)C(=O)N(CCOC1SC(=O)N(Cc3ccccc3)C1=O)CN2c1ccccc1. The molecule has 2 heterocycles. The molecule has 5 rings (SSSR count). The first-order valence-corrected chi connectivity index (χ1v) is 12.3. The van der Waals surface area contributed by atoms with Gasteiger partial charge in [0.2, 0.25) is 0 Å². The maximum atomic E-state index is 13.3. The predicted octanol–water partition coefficient (Wildman–Crippen LogP) is 4.35. The van der Waals surface area contributed by atoms with Crippen LogP contribution in [0.3, 0.4) is 0 Å². The van der Waals surface area contributed by atoms with Gasteiger partial charge in [-0.3, -0.25) is 19.3 Å². The normalized spacial score (nSPS) is 17.4. The summed E-state index contributed by atoms with van der Waals surface area (Å²) >= 11 is 0.845. The van der Waals surface area contributed by atoms with E-state index in [1.165, 1.54) is 4.90 Å². The third-order valence-corrected chi connectivity index (χ3v) is 7.00. The van der Waals surface area contributed by atoms with Crippen LogP contribution < -0.4 is 4.90 Å². The number of anilines is 2. The highest BCUT2D eigenvalue weighted by Gasteiger charge is 2.40. The molecule has 36 heavy (non-hydrogen) atoms. The van der Waals surface area contributed by atoms with Gasteiger partial charge in [0, 0.05) is 12.2 Å². The number of hydrogen-bond acceptors (Lipinski definition) is 7.